The van der Waals surface area contributed by atoms with Crippen LogP contribution in [-0.2, 0) is 16.8 Å². The molecule has 1 rings (SSSR count). The molecule has 1 aromatic heterocycles. The van der Waals surface area contributed by atoms with Crippen molar-refractivity contribution in [1.82, 2.24) is 4.98 Å². The van der Waals surface area contributed by atoms with Crippen LogP contribution in [0.2, 0.25) is 0 Å². The van der Waals surface area contributed by atoms with Crippen molar-refractivity contribution in [3.63, 3.8) is 0 Å². The monoisotopic (exact) mass is 378 g/mol. The summed E-state index contributed by atoms with van der Waals surface area (Å²) in [5.74, 6) is -0.0698. The van der Waals surface area contributed by atoms with Crippen LogP contribution in [0, 0.1) is 0 Å². The van der Waals surface area contributed by atoms with Crippen molar-refractivity contribution in [3.8, 4) is 0 Å². The summed E-state index contributed by atoms with van der Waals surface area (Å²) >= 11 is 0. The Morgan fingerprint density at radius 3 is 2.22 bits per heavy atom. The average Bonchev–Trinajstić information content (AvgIpc) is 2.42. The SMILES string of the molecule is CCCCCCC/C=N/[N-]C(=[OH+])c1ccncc1.O.O.O.O.[Co+2]. The first-order valence-corrected chi connectivity index (χ1v) is 6.53. The number of carbonyl (C=O) groups excluding carboxylic acids is 1. The summed E-state index contributed by atoms with van der Waals surface area (Å²) in [5.41, 5.74) is 4.37. The Bertz CT molecular complexity index is 380. The van der Waals surface area contributed by atoms with Crippen molar-refractivity contribution in [2.75, 3.05) is 0 Å². The van der Waals surface area contributed by atoms with Crippen LogP contribution < -0.4 is 0 Å². The molecule has 0 spiro atoms. The van der Waals surface area contributed by atoms with Crippen LogP contribution >= 0.6 is 0 Å². The number of unbranched alkanes of at least 4 members (excludes halogenated alkanes) is 5. The van der Waals surface area contributed by atoms with Crippen molar-refractivity contribution in [2.24, 2.45) is 5.10 Å². The van der Waals surface area contributed by atoms with E-state index in [1.165, 1.54) is 25.7 Å². The van der Waals surface area contributed by atoms with E-state index in [9.17, 15) is 4.79 Å². The minimum Gasteiger partial charge on any atom is -0.491 e. The van der Waals surface area contributed by atoms with Crippen molar-refractivity contribution in [2.45, 2.75) is 45.4 Å². The molecule has 0 aromatic carbocycles. The number of nitrogens with zero attached hydrogens (tertiary/aromatic N) is 3. The third-order valence-corrected chi connectivity index (χ3v) is 2.61. The second kappa shape index (κ2) is 22.9. The van der Waals surface area contributed by atoms with Gasteiger partial charge < -0.3 is 32.4 Å². The topological polar surface area (TPSA) is 187 Å². The maximum atomic E-state index is 9.60. The number of amides is 1. The van der Waals surface area contributed by atoms with Crippen LogP contribution in [0.3, 0.4) is 0 Å². The molecule has 1 aromatic rings. The fraction of sp³-hybridized carbons (Fsp3) is 0.500. The van der Waals surface area contributed by atoms with Gasteiger partial charge in [-0.1, -0.05) is 32.6 Å². The molecule has 0 saturated heterocycles. The van der Waals surface area contributed by atoms with Gasteiger partial charge >= 0.3 is 16.8 Å². The van der Waals surface area contributed by atoms with Gasteiger partial charge in [0.1, 0.15) is 0 Å². The molecule has 0 aliphatic heterocycles. The molecular formula is C14H29CoN3O5+2. The first kappa shape index (κ1) is 33.3. The van der Waals surface area contributed by atoms with Gasteiger partial charge in [-0.25, -0.2) is 0 Å². The summed E-state index contributed by atoms with van der Waals surface area (Å²) in [7, 11) is 0. The Balaban J connectivity index is -0.000000216. The van der Waals surface area contributed by atoms with Gasteiger partial charge in [-0.15, -0.1) is 0 Å². The molecule has 9 heteroatoms. The minimum absolute atomic E-state index is 0. The summed E-state index contributed by atoms with van der Waals surface area (Å²) in [6, 6.07) is 3.39. The maximum absolute atomic E-state index is 9.60. The molecular weight excluding hydrogens is 349 g/mol. The van der Waals surface area contributed by atoms with Crippen molar-refractivity contribution in [3.05, 3.63) is 35.5 Å². The molecule has 1 heterocycles. The van der Waals surface area contributed by atoms with Gasteiger partial charge in [-0.05, 0) is 31.2 Å². The smallest absolute Gasteiger partial charge is 0.491 e. The summed E-state index contributed by atoms with van der Waals surface area (Å²) in [6.45, 7) is 2.21. The van der Waals surface area contributed by atoms with Crippen LogP contribution in [0.5, 0.6) is 0 Å². The third-order valence-electron chi connectivity index (χ3n) is 2.61. The molecule has 137 valence electrons. The van der Waals surface area contributed by atoms with E-state index >= 15 is 0 Å². The average molecular weight is 378 g/mol. The molecule has 0 atom stereocenters. The quantitative estimate of drug-likeness (QED) is 0.269. The third kappa shape index (κ3) is 16.8. The largest absolute Gasteiger partial charge is 2.00 e. The number of pyridine rings is 1. The zero-order valence-corrected chi connectivity index (χ0v) is 14.3. The summed E-state index contributed by atoms with van der Waals surface area (Å²) in [6.07, 6.45) is 12.1. The molecule has 9 N–H and O–H groups in total. The van der Waals surface area contributed by atoms with Crippen LogP contribution in [0.15, 0.2) is 29.6 Å². The second-order valence-electron chi connectivity index (χ2n) is 4.16. The first-order valence-electron chi connectivity index (χ1n) is 6.53. The number of rotatable bonds is 8. The summed E-state index contributed by atoms with van der Waals surface area (Å²) < 4.78 is 0. The molecule has 23 heavy (non-hydrogen) atoms. The maximum Gasteiger partial charge on any atom is 2.00 e. The standard InChI is InChI=1S/C14H21N3O.Co.4H2O/c1-2-3-4-5-6-7-10-16-17-14(18)13-8-11-15-12-9-13;;;;;/h8-12H,2-7H2,1H3,(H,17,18);;4*1H2/q;+2;;;;/b16-10+;;;;;. The van der Waals surface area contributed by atoms with Crippen LogP contribution in [0.25, 0.3) is 5.43 Å². The molecule has 0 fully saturated rings. The van der Waals surface area contributed by atoms with Crippen molar-refractivity contribution >= 4 is 12.1 Å². The molecule has 0 bridgehead atoms. The van der Waals surface area contributed by atoms with Gasteiger partial charge in [0.15, 0.2) is 0 Å². The predicted octanol–water partition coefficient (Wildman–Crippen LogP) is 0.351. The number of aromatic nitrogens is 1. The Labute approximate surface area is 147 Å². The van der Waals surface area contributed by atoms with Gasteiger partial charge in [0.2, 0.25) is 0 Å². The zero-order chi connectivity index (χ0) is 13.1. The molecule has 0 unspecified atom stereocenters. The molecule has 0 saturated carbocycles. The van der Waals surface area contributed by atoms with Crippen molar-refractivity contribution < 1.29 is 43.5 Å². The molecule has 0 aliphatic carbocycles. The van der Waals surface area contributed by atoms with Gasteiger partial charge in [-0.3, -0.25) is 9.78 Å². The Morgan fingerprint density at radius 2 is 1.65 bits per heavy atom. The van der Waals surface area contributed by atoms with E-state index in [1.807, 2.05) is 0 Å². The van der Waals surface area contributed by atoms with E-state index in [2.05, 4.69) is 22.4 Å². The van der Waals surface area contributed by atoms with Gasteiger partial charge in [-0.2, -0.15) is 0 Å². The number of hydrogen-bond donors (Lipinski definition) is 0. The van der Waals surface area contributed by atoms with E-state index < -0.39 is 0 Å². The van der Waals surface area contributed by atoms with E-state index in [1.54, 1.807) is 30.7 Å². The predicted molar refractivity (Wildman–Crippen MR) is 90.0 cm³/mol. The second-order valence-corrected chi connectivity index (χ2v) is 4.16. The normalized spacial score (nSPS) is 8.39. The summed E-state index contributed by atoms with van der Waals surface area (Å²) in [5, 5.41) is 3.86. The van der Waals surface area contributed by atoms with Crippen LogP contribution in [-0.4, -0.2) is 43.8 Å². The number of hydrogen-bond acceptors (Lipinski definition) is 2. The van der Waals surface area contributed by atoms with Gasteiger partial charge in [0.05, 0.1) is 5.56 Å². The summed E-state index contributed by atoms with van der Waals surface area (Å²) in [4.78, 5) is 13.5. The van der Waals surface area contributed by atoms with Gasteiger partial charge in [0.25, 0.3) is 5.91 Å². The minimum atomic E-state index is -0.0698. The van der Waals surface area contributed by atoms with E-state index in [-0.39, 0.29) is 44.6 Å². The Hall–Kier alpha value is -1.36. The zero-order valence-electron chi connectivity index (χ0n) is 13.3. The van der Waals surface area contributed by atoms with E-state index in [4.69, 9.17) is 0 Å². The molecule has 8 nitrogen and oxygen atoms in total. The fourth-order valence-corrected chi connectivity index (χ4v) is 1.55. The molecule has 0 aliphatic rings. The van der Waals surface area contributed by atoms with E-state index in [0.717, 1.165) is 12.8 Å². The van der Waals surface area contributed by atoms with Crippen LogP contribution in [0.1, 0.15) is 51.0 Å². The Morgan fingerprint density at radius 1 is 1.09 bits per heavy atom. The molecule has 1 amide bonds. The Kier molecular flexibility index (Phi) is 33.2. The van der Waals surface area contributed by atoms with Gasteiger partial charge in [0, 0.05) is 12.4 Å². The van der Waals surface area contributed by atoms with Crippen molar-refractivity contribution in [1.29, 1.82) is 0 Å². The first-order chi connectivity index (χ1) is 8.84. The fourth-order valence-electron chi connectivity index (χ4n) is 1.55. The van der Waals surface area contributed by atoms with Crippen LogP contribution in [0.4, 0.5) is 0 Å². The molecule has 1 radical (unpaired) electrons. The van der Waals surface area contributed by atoms with E-state index in [0.29, 0.717) is 5.56 Å².